The van der Waals surface area contributed by atoms with Gasteiger partial charge in [0.15, 0.2) is 0 Å². The molecule has 4 nitrogen and oxygen atoms in total. The first-order valence-corrected chi connectivity index (χ1v) is 7.16. The van der Waals surface area contributed by atoms with Crippen LogP contribution >= 0.6 is 15.9 Å². The van der Waals surface area contributed by atoms with Crippen LogP contribution in [-0.4, -0.2) is 17.4 Å². The number of carbonyl (C=O) groups excluding carboxylic acids is 1. The molecule has 0 radical (unpaired) electrons. The fourth-order valence-corrected chi connectivity index (χ4v) is 3.10. The Hall–Kier alpha value is -1.10. The van der Waals surface area contributed by atoms with E-state index in [1.807, 2.05) is 0 Å². The Labute approximate surface area is 122 Å². The zero-order chi connectivity index (χ0) is 14.4. The molecule has 0 saturated heterocycles. The summed E-state index contributed by atoms with van der Waals surface area (Å²) in [6, 6.07) is 1.70. The largest absolute Gasteiger partial charge is 0.383 e. The van der Waals surface area contributed by atoms with Gasteiger partial charge in [0, 0.05) is 17.2 Å². The molecule has 1 aromatic heterocycles. The number of carbonyl (C=O) groups is 1. The molecule has 1 saturated carbocycles. The number of anilines is 1. The highest BCUT2D eigenvalue weighted by Crippen LogP contribution is 2.67. The van der Waals surface area contributed by atoms with Crippen LogP contribution in [0.2, 0.25) is 0 Å². The van der Waals surface area contributed by atoms with Gasteiger partial charge in [0.25, 0.3) is 5.91 Å². The van der Waals surface area contributed by atoms with Gasteiger partial charge in [-0.2, -0.15) is 0 Å². The predicted octanol–water partition coefficient (Wildman–Crippen LogP) is 2.84. The van der Waals surface area contributed by atoms with E-state index in [1.54, 1.807) is 12.3 Å². The Morgan fingerprint density at radius 3 is 2.53 bits per heavy atom. The first kappa shape index (κ1) is 14.3. The van der Waals surface area contributed by atoms with E-state index >= 15 is 0 Å². The number of nitrogens with zero attached hydrogens (tertiary/aromatic N) is 1. The lowest BCUT2D eigenvalue weighted by molar-refractivity contribution is 0.0950. The number of halogens is 1. The standard InChI is InChI=1S/C14H20BrN3O/c1-13(2)10(14(13,3)4)7-18-12(19)9-5-8(15)6-17-11(9)16/h5-6,10H,7H2,1-4H3,(H2,16,17)(H,18,19). The van der Waals surface area contributed by atoms with E-state index in [4.69, 9.17) is 5.73 Å². The van der Waals surface area contributed by atoms with Crippen LogP contribution in [0.15, 0.2) is 16.7 Å². The van der Waals surface area contributed by atoms with Crippen LogP contribution in [0.5, 0.6) is 0 Å². The van der Waals surface area contributed by atoms with Crippen LogP contribution in [0.3, 0.4) is 0 Å². The quantitative estimate of drug-likeness (QED) is 0.897. The van der Waals surface area contributed by atoms with Crippen molar-refractivity contribution in [1.82, 2.24) is 10.3 Å². The zero-order valence-corrected chi connectivity index (χ0v) is 13.3. The van der Waals surface area contributed by atoms with Gasteiger partial charge in [-0.05, 0) is 38.7 Å². The SMILES string of the molecule is CC1(C)C(CNC(=O)c2cc(Br)cnc2N)C1(C)C. The molecule has 5 heteroatoms. The topological polar surface area (TPSA) is 68.0 Å². The van der Waals surface area contributed by atoms with Crippen molar-refractivity contribution in [3.63, 3.8) is 0 Å². The summed E-state index contributed by atoms with van der Waals surface area (Å²) in [6.45, 7) is 9.61. The highest BCUT2D eigenvalue weighted by molar-refractivity contribution is 9.10. The van der Waals surface area contributed by atoms with Crippen LogP contribution in [0.4, 0.5) is 5.82 Å². The second-order valence-electron chi connectivity index (χ2n) is 6.29. The molecule has 1 aliphatic carbocycles. The molecule has 0 aliphatic heterocycles. The molecule has 1 amide bonds. The first-order chi connectivity index (χ1) is 8.68. The third kappa shape index (κ3) is 2.36. The second kappa shape index (κ2) is 4.47. The predicted molar refractivity (Wildman–Crippen MR) is 79.7 cm³/mol. The second-order valence-corrected chi connectivity index (χ2v) is 7.21. The van der Waals surface area contributed by atoms with Crippen LogP contribution in [0.1, 0.15) is 38.1 Å². The maximum absolute atomic E-state index is 12.1. The molecule has 1 heterocycles. The van der Waals surface area contributed by atoms with Gasteiger partial charge in [-0.3, -0.25) is 4.79 Å². The smallest absolute Gasteiger partial charge is 0.255 e. The average Bonchev–Trinajstić information content (AvgIpc) is 2.70. The van der Waals surface area contributed by atoms with E-state index in [1.165, 1.54) is 0 Å². The summed E-state index contributed by atoms with van der Waals surface area (Å²) in [5.41, 5.74) is 6.68. The molecule has 19 heavy (non-hydrogen) atoms. The van der Waals surface area contributed by atoms with Crippen LogP contribution < -0.4 is 11.1 Å². The van der Waals surface area contributed by atoms with Crippen molar-refractivity contribution < 1.29 is 4.79 Å². The maximum atomic E-state index is 12.1. The van der Waals surface area contributed by atoms with E-state index in [2.05, 4.69) is 53.9 Å². The highest BCUT2D eigenvalue weighted by Gasteiger charge is 2.64. The molecule has 2 rings (SSSR count). The molecular formula is C14H20BrN3O. The van der Waals surface area contributed by atoms with Gasteiger partial charge in [-0.1, -0.05) is 27.7 Å². The summed E-state index contributed by atoms with van der Waals surface area (Å²) in [6.07, 6.45) is 1.58. The number of nitrogens with one attached hydrogen (secondary N) is 1. The molecule has 0 unspecified atom stereocenters. The Morgan fingerprint density at radius 1 is 1.42 bits per heavy atom. The summed E-state index contributed by atoms with van der Waals surface area (Å²) < 4.78 is 0.749. The third-order valence-corrected chi connectivity index (χ3v) is 5.35. The Bertz CT molecular complexity index is 511. The number of hydrogen-bond donors (Lipinski definition) is 2. The first-order valence-electron chi connectivity index (χ1n) is 6.37. The van der Waals surface area contributed by atoms with Crippen molar-refractivity contribution in [3.8, 4) is 0 Å². The van der Waals surface area contributed by atoms with Gasteiger partial charge in [-0.15, -0.1) is 0 Å². The van der Waals surface area contributed by atoms with Crippen LogP contribution in [0, 0.1) is 16.7 Å². The molecule has 1 aliphatic rings. The fraction of sp³-hybridized carbons (Fsp3) is 0.571. The van der Waals surface area contributed by atoms with Gasteiger partial charge < -0.3 is 11.1 Å². The lowest BCUT2D eigenvalue weighted by atomic mass is 10.0. The molecular weight excluding hydrogens is 306 g/mol. The summed E-state index contributed by atoms with van der Waals surface area (Å²) in [4.78, 5) is 16.1. The van der Waals surface area contributed by atoms with E-state index < -0.39 is 0 Å². The van der Waals surface area contributed by atoms with Gasteiger partial charge in [0.05, 0.1) is 5.56 Å². The van der Waals surface area contributed by atoms with E-state index in [0.717, 1.165) is 4.47 Å². The van der Waals surface area contributed by atoms with Crippen molar-refractivity contribution in [3.05, 3.63) is 22.3 Å². The maximum Gasteiger partial charge on any atom is 0.255 e. The number of hydrogen-bond acceptors (Lipinski definition) is 3. The molecule has 1 fully saturated rings. The molecule has 1 aromatic rings. The lowest BCUT2D eigenvalue weighted by Crippen LogP contribution is -2.28. The summed E-state index contributed by atoms with van der Waals surface area (Å²) >= 11 is 3.30. The molecule has 3 N–H and O–H groups in total. The number of nitrogen functional groups attached to an aromatic ring is 1. The minimum atomic E-state index is -0.162. The third-order valence-electron chi connectivity index (χ3n) is 4.92. The van der Waals surface area contributed by atoms with Gasteiger partial charge in [0.1, 0.15) is 5.82 Å². The Morgan fingerprint density at radius 2 is 2.00 bits per heavy atom. The minimum absolute atomic E-state index is 0.162. The van der Waals surface area contributed by atoms with Gasteiger partial charge in [0.2, 0.25) is 0 Å². The monoisotopic (exact) mass is 325 g/mol. The number of amides is 1. The number of pyridine rings is 1. The van der Waals surface area contributed by atoms with Crippen LogP contribution in [-0.2, 0) is 0 Å². The van der Waals surface area contributed by atoms with Crippen molar-refractivity contribution in [2.24, 2.45) is 16.7 Å². The minimum Gasteiger partial charge on any atom is -0.383 e. The molecule has 0 aromatic carbocycles. The van der Waals surface area contributed by atoms with Crippen molar-refractivity contribution in [2.75, 3.05) is 12.3 Å². The molecule has 0 bridgehead atoms. The molecule has 104 valence electrons. The van der Waals surface area contributed by atoms with E-state index in [9.17, 15) is 4.79 Å². The summed E-state index contributed by atoms with van der Waals surface area (Å²) in [7, 11) is 0. The average molecular weight is 326 g/mol. The Kier molecular flexibility index (Phi) is 3.37. The summed E-state index contributed by atoms with van der Waals surface area (Å²) in [5, 5.41) is 2.96. The van der Waals surface area contributed by atoms with Gasteiger partial charge in [-0.25, -0.2) is 4.98 Å². The fourth-order valence-electron chi connectivity index (χ4n) is 2.77. The highest BCUT2D eigenvalue weighted by atomic mass is 79.9. The Balaban J connectivity index is 2.02. The van der Waals surface area contributed by atoms with E-state index in [0.29, 0.717) is 18.0 Å². The lowest BCUT2D eigenvalue weighted by Gasteiger charge is -2.08. The van der Waals surface area contributed by atoms with E-state index in [-0.39, 0.29) is 22.6 Å². The molecule has 0 atom stereocenters. The van der Waals surface area contributed by atoms with Crippen molar-refractivity contribution >= 4 is 27.7 Å². The van der Waals surface area contributed by atoms with Crippen LogP contribution in [0.25, 0.3) is 0 Å². The molecule has 0 spiro atoms. The normalized spacial score (nSPS) is 20.1. The summed E-state index contributed by atoms with van der Waals surface area (Å²) in [5.74, 6) is 0.588. The van der Waals surface area contributed by atoms with Gasteiger partial charge >= 0.3 is 0 Å². The van der Waals surface area contributed by atoms with Crippen molar-refractivity contribution in [2.45, 2.75) is 27.7 Å². The number of rotatable bonds is 3. The van der Waals surface area contributed by atoms with Crippen molar-refractivity contribution in [1.29, 1.82) is 0 Å². The zero-order valence-electron chi connectivity index (χ0n) is 11.7. The number of nitrogens with two attached hydrogens (primary N) is 1. The number of aromatic nitrogens is 1.